The molecule has 0 aliphatic heterocycles. The Balaban J connectivity index is 2.05. The Hall–Kier alpha value is -0.720. The maximum absolute atomic E-state index is 12.1. The molecule has 0 spiro atoms. The molecule has 0 atom stereocenters. The molecule has 0 aromatic carbocycles. The van der Waals surface area contributed by atoms with E-state index >= 15 is 0 Å². The summed E-state index contributed by atoms with van der Waals surface area (Å²) >= 11 is 1.31. The van der Waals surface area contributed by atoms with Crippen molar-refractivity contribution in [2.75, 3.05) is 0 Å². The van der Waals surface area contributed by atoms with Gasteiger partial charge in [0.2, 0.25) is 10.0 Å². The fraction of sp³-hybridized carbons (Fsp3) is 0.583. The molecule has 0 saturated heterocycles. The van der Waals surface area contributed by atoms with Gasteiger partial charge >= 0.3 is 0 Å². The van der Waals surface area contributed by atoms with E-state index in [1.807, 2.05) is 13.0 Å². The van der Waals surface area contributed by atoms with Crippen LogP contribution in [0, 0.1) is 0 Å². The van der Waals surface area contributed by atoms with Gasteiger partial charge in [-0.15, -0.1) is 11.3 Å². The number of carbonyl (C=O) groups excluding carboxylic acids is 1. The van der Waals surface area contributed by atoms with Gasteiger partial charge in [-0.3, -0.25) is 4.79 Å². The van der Waals surface area contributed by atoms with E-state index in [1.54, 1.807) is 6.07 Å². The molecular formula is C12H17NO3S2. The maximum atomic E-state index is 12.1. The molecule has 1 N–H and O–H groups in total. The molecule has 1 aliphatic carbocycles. The van der Waals surface area contributed by atoms with Crippen molar-refractivity contribution in [1.82, 2.24) is 4.72 Å². The summed E-state index contributed by atoms with van der Waals surface area (Å²) in [6, 6.07) is 3.41. The Morgan fingerprint density at radius 2 is 2.00 bits per heavy atom. The molecule has 18 heavy (non-hydrogen) atoms. The van der Waals surface area contributed by atoms with E-state index in [-0.39, 0.29) is 11.8 Å². The van der Waals surface area contributed by atoms with Crippen LogP contribution in [-0.4, -0.2) is 20.2 Å². The molecule has 1 aliphatic rings. The van der Waals surface area contributed by atoms with E-state index < -0.39 is 10.0 Å². The van der Waals surface area contributed by atoms with Crippen LogP contribution < -0.4 is 4.72 Å². The van der Waals surface area contributed by atoms with Gasteiger partial charge in [0.1, 0.15) is 9.99 Å². The molecule has 1 aromatic heterocycles. The summed E-state index contributed by atoms with van der Waals surface area (Å²) in [5.74, 6) is 0.231. The molecule has 2 rings (SSSR count). The van der Waals surface area contributed by atoms with Gasteiger partial charge in [-0.2, -0.15) is 0 Å². The zero-order valence-electron chi connectivity index (χ0n) is 10.3. The number of hydrogen-bond acceptors (Lipinski definition) is 4. The van der Waals surface area contributed by atoms with Gasteiger partial charge < -0.3 is 0 Å². The lowest BCUT2D eigenvalue weighted by Gasteiger charge is -2.21. The van der Waals surface area contributed by atoms with Gasteiger partial charge in [-0.05, 0) is 31.4 Å². The van der Waals surface area contributed by atoms with Gasteiger partial charge in [0.05, 0.1) is 0 Å². The second-order valence-electron chi connectivity index (χ2n) is 4.51. The fourth-order valence-electron chi connectivity index (χ4n) is 2.03. The van der Waals surface area contributed by atoms with Crippen LogP contribution in [0.5, 0.6) is 0 Å². The minimum absolute atomic E-state index is 0.0973. The number of nitrogens with one attached hydrogen (secondary N) is 1. The van der Waals surface area contributed by atoms with Crippen LogP contribution in [-0.2, 0) is 21.2 Å². The molecule has 0 amide bonds. The number of sulfonamides is 1. The summed E-state index contributed by atoms with van der Waals surface area (Å²) in [5.41, 5.74) is 0. The second kappa shape index (κ2) is 5.50. The summed E-state index contributed by atoms with van der Waals surface area (Å²) in [4.78, 5) is 12.2. The number of hydrogen-bond donors (Lipinski definition) is 1. The standard InChI is InChI=1S/C12H17NO3S2/c1-2-11-7-8-12(17-11)18(15,16)13-9-3-5-10(14)6-4-9/h7-9,13H,2-6H2,1H3. The minimum Gasteiger partial charge on any atom is -0.300 e. The molecule has 100 valence electrons. The molecule has 6 heteroatoms. The van der Waals surface area contributed by atoms with Crippen molar-refractivity contribution in [3.8, 4) is 0 Å². The summed E-state index contributed by atoms with van der Waals surface area (Å²) in [5, 5.41) is 0. The molecule has 1 saturated carbocycles. The van der Waals surface area contributed by atoms with Crippen molar-refractivity contribution < 1.29 is 13.2 Å². The van der Waals surface area contributed by atoms with Crippen LogP contribution in [0.4, 0.5) is 0 Å². The van der Waals surface area contributed by atoms with Gasteiger partial charge in [0, 0.05) is 23.8 Å². The smallest absolute Gasteiger partial charge is 0.250 e. The van der Waals surface area contributed by atoms with Crippen LogP contribution in [0.25, 0.3) is 0 Å². The fourth-order valence-corrected chi connectivity index (χ4v) is 4.64. The zero-order chi connectivity index (χ0) is 13.2. The predicted octanol–water partition coefficient (Wildman–Crippen LogP) is 2.10. The van der Waals surface area contributed by atoms with Gasteiger partial charge in [-0.1, -0.05) is 6.92 Å². The average molecular weight is 287 g/mol. The van der Waals surface area contributed by atoms with E-state index in [2.05, 4.69) is 4.72 Å². The molecule has 0 unspecified atom stereocenters. The normalized spacial score (nSPS) is 18.2. The third-order valence-corrected chi connectivity index (χ3v) is 6.36. The highest BCUT2D eigenvalue weighted by molar-refractivity contribution is 7.91. The Bertz CT molecular complexity index is 523. The van der Waals surface area contributed by atoms with E-state index in [4.69, 9.17) is 0 Å². The molecular weight excluding hydrogens is 270 g/mol. The van der Waals surface area contributed by atoms with Gasteiger partial charge in [0.15, 0.2) is 0 Å². The molecule has 1 heterocycles. The molecule has 0 radical (unpaired) electrons. The number of ketones is 1. The first-order valence-electron chi connectivity index (χ1n) is 6.14. The topological polar surface area (TPSA) is 63.2 Å². The summed E-state index contributed by atoms with van der Waals surface area (Å²) in [6.07, 6.45) is 3.04. The van der Waals surface area contributed by atoms with Gasteiger partial charge in [-0.25, -0.2) is 13.1 Å². The van der Waals surface area contributed by atoms with Crippen LogP contribution in [0.15, 0.2) is 16.3 Å². The molecule has 1 fully saturated rings. The Labute approximate surface area is 111 Å². The number of rotatable bonds is 4. The largest absolute Gasteiger partial charge is 0.300 e. The van der Waals surface area contributed by atoms with E-state index in [1.165, 1.54) is 11.3 Å². The van der Waals surface area contributed by atoms with Crippen molar-refractivity contribution in [2.24, 2.45) is 0 Å². The number of carbonyl (C=O) groups is 1. The lowest BCUT2D eigenvalue weighted by molar-refractivity contribution is -0.120. The summed E-state index contributed by atoms with van der Waals surface area (Å²) < 4.78 is 27.3. The maximum Gasteiger partial charge on any atom is 0.250 e. The first kappa shape index (κ1) is 13.7. The van der Waals surface area contributed by atoms with Crippen molar-refractivity contribution in [2.45, 2.75) is 49.3 Å². The van der Waals surface area contributed by atoms with Crippen molar-refractivity contribution in [3.05, 3.63) is 17.0 Å². The zero-order valence-corrected chi connectivity index (χ0v) is 11.9. The molecule has 1 aromatic rings. The van der Waals surface area contributed by atoms with Crippen LogP contribution in [0.1, 0.15) is 37.5 Å². The number of aryl methyl sites for hydroxylation is 1. The van der Waals surface area contributed by atoms with E-state index in [0.29, 0.717) is 29.9 Å². The summed E-state index contributed by atoms with van der Waals surface area (Å²) in [7, 11) is -3.41. The van der Waals surface area contributed by atoms with Gasteiger partial charge in [0.25, 0.3) is 0 Å². The Morgan fingerprint density at radius 1 is 1.33 bits per heavy atom. The van der Waals surface area contributed by atoms with Crippen LogP contribution >= 0.6 is 11.3 Å². The minimum atomic E-state index is -3.41. The number of Topliss-reactive ketones (excluding diaryl/α,β-unsaturated/α-hetero) is 1. The highest BCUT2D eigenvalue weighted by atomic mass is 32.2. The lowest BCUT2D eigenvalue weighted by Crippen LogP contribution is -2.37. The average Bonchev–Trinajstić information content (AvgIpc) is 2.81. The quantitative estimate of drug-likeness (QED) is 0.922. The third kappa shape index (κ3) is 3.18. The predicted molar refractivity (Wildman–Crippen MR) is 71.3 cm³/mol. The molecule has 0 bridgehead atoms. The molecule has 4 nitrogen and oxygen atoms in total. The van der Waals surface area contributed by atoms with Crippen molar-refractivity contribution >= 4 is 27.1 Å². The van der Waals surface area contributed by atoms with Crippen LogP contribution in [0.2, 0.25) is 0 Å². The van der Waals surface area contributed by atoms with E-state index in [0.717, 1.165) is 11.3 Å². The Morgan fingerprint density at radius 3 is 2.56 bits per heavy atom. The highest BCUT2D eigenvalue weighted by Crippen LogP contribution is 2.24. The number of thiophene rings is 1. The first-order valence-corrected chi connectivity index (χ1v) is 8.44. The van der Waals surface area contributed by atoms with Crippen molar-refractivity contribution in [1.29, 1.82) is 0 Å². The lowest BCUT2D eigenvalue weighted by atomic mass is 9.95. The Kier molecular flexibility index (Phi) is 4.19. The van der Waals surface area contributed by atoms with Crippen molar-refractivity contribution in [3.63, 3.8) is 0 Å². The third-order valence-electron chi connectivity index (χ3n) is 3.12. The second-order valence-corrected chi connectivity index (χ2v) is 7.62. The van der Waals surface area contributed by atoms with E-state index in [9.17, 15) is 13.2 Å². The first-order chi connectivity index (χ1) is 8.51. The summed E-state index contributed by atoms with van der Waals surface area (Å²) in [6.45, 7) is 2.00. The van der Waals surface area contributed by atoms with Crippen LogP contribution in [0.3, 0.4) is 0 Å². The monoisotopic (exact) mass is 287 g/mol. The highest BCUT2D eigenvalue weighted by Gasteiger charge is 2.25. The SMILES string of the molecule is CCc1ccc(S(=O)(=O)NC2CCC(=O)CC2)s1.